The Morgan fingerprint density at radius 1 is 1.47 bits per heavy atom. The summed E-state index contributed by atoms with van der Waals surface area (Å²) in [5.74, 6) is 0.865. The summed E-state index contributed by atoms with van der Waals surface area (Å²) >= 11 is 0. The van der Waals surface area contributed by atoms with E-state index in [4.69, 9.17) is 5.73 Å². The van der Waals surface area contributed by atoms with E-state index in [9.17, 15) is 0 Å². The Morgan fingerprint density at radius 3 is 3.16 bits per heavy atom. The van der Waals surface area contributed by atoms with Crippen LogP contribution >= 0.6 is 0 Å². The van der Waals surface area contributed by atoms with Gasteiger partial charge in [0.15, 0.2) is 11.5 Å². The first kappa shape index (κ1) is 11.5. The maximum Gasteiger partial charge on any atom is 0.224 e. The second-order valence-electron chi connectivity index (χ2n) is 4.34. The zero-order valence-electron chi connectivity index (χ0n) is 10.4. The summed E-state index contributed by atoms with van der Waals surface area (Å²) in [6.07, 6.45) is 7.02. The lowest BCUT2D eigenvalue weighted by molar-refractivity contribution is 0.617. The Balaban J connectivity index is 1.82. The number of nitrogens with two attached hydrogens (primary N) is 1. The fourth-order valence-electron chi connectivity index (χ4n) is 1.94. The summed E-state index contributed by atoms with van der Waals surface area (Å²) in [6.45, 7) is 2.83. The summed E-state index contributed by atoms with van der Waals surface area (Å²) in [4.78, 5) is 19.3. The largest absolute Gasteiger partial charge is 0.368 e. The Labute approximate surface area is 109 Å². The van der Waals surface area contributed by atoms with Crippen LogP contribution in [-0.4, -0.2) is 35.5 Å². The van der Waals surface area contributed by atoms with E-state index in [2.05, 4.69) is 37.2 Å². The number of nitrogens with zero attached hydrogens (tertiary/aromatic N) is 5. The molecule has 4 N–H and O–H groups in total. The quantitative estimate of drug-likeness (QED) is 0.633. The fourth-order valence-corrected chi connectivity index (χ4v) is 1.94. The Morgan fingerprint density at radius 2 is 2.37 bits per heavy atom. The predicted molar refractivity (Wildman–Crippen MR) is 71.4 cm³/mol. The highest BCUT2D eigenvalue weighted by atomic mass is 15.2. The first-order valence-corrected chi connectivity index (χ1v) is 5.91. The summed E-state index contributed by atoms with van der Waals surface area (Å²) in [6, 6.07) is 0.162. The Hall–Kier alpha value is -2.64. The van der Waals surface area contributed by atoms with Gasteiger partial charge >= 0.3 is 0 Å². The molecule has 0 fully saturated rings. The van der Waals surface area contributed by atoms with E-state index in [-0.39, 0.29) is 12.0 Å². The maximum absolute atomic E-state index is 5.66. The molecule has 8 nitrogen and oxygen atoms in total. The minimum absolute atomic E-state index is 0.162. The molecule has 0 radical (unpaired) electrons. The van der Waals surface area contributed by atoms with Gasteiger partial charge in [0.05, 0.1) is 12.7 Å². The van der Waals surface area contributed by atoms with E-state index in [0.29, 0.717) is 11.5 Å². The fraction of sp³-hybridized carbons (Fsp3) is 0.273. The van der Waals surface area contributed by atoms with Crippen molar-refractivity contribution in [2.24, 2.45) is 0 Å². The summed E-state index contributed by atoms with van der Waals surface area (Å²) in [5, 5.41) is 3.30. The molecule has 0 aromatic carbocycles. The van der Waals surface area contributed by atoms with Crippen LogP contribution in [0.5, 0.6) is 0 Å². The molecule has 0 aliphatic heterocycles. The lowest BCUT2D eigenvalue weighted by Gasteiger charge is -2.15. The molecule has 0 aliphatic carbocycles. The van der Waals surface area contributed by atoms with Gasteiger partial charge in [-0.3, -0.25) is 0 Å². The van der Waals surface area contributed by atoms with Crippen LogP contribution in [-0.2, 0) is 6.54 Å². The number of hydrogen-bond acceptors (Lipinski definition) is 6. The normalized spacial score (nSPS) is 12.7. The van der Waals surface area contributed by atoms with Crippen LogP contribution < -0.4 is 11.1 Å². The number of anilines is 2. The van der Waals surface area contributed by atoms with Crippen LogP contribution in [0.3, 0.4) is 0 Å². The first-order valence-electron chi connectivity index (χ1n) is 5.91. The molecule has 1 unspecified atom stereocenters. The number of imidazole rings is 2. The Kier molecular flexibility index (Phi) is 2.75. The van der Waals surface area contributed by atoms with Gasteiger partial charge in [0.25, 0.3) is 0 Å². The molecular formula is C11H14N8. The number of H-pyrrole nitrogens is 1. The molecule has 0 spiro atoms. The van der Waals surface area contributed by atoms with Crippen molar-refractivity contribution < 1.29 is 0 Å². The third-order valence-electron chi connectivity index (χ3n) is 2.73. The lowest BCUT2D eigenvalue weighted by atomic mass is 10.3. The number of nitrogens with one attached hydrogen (secondary N) is 2. The number of aromatic nitrogens is 6. The SMILES string of the molecule is CC(Cn1ccnc1)Nc1nc(N)nc2nc[nH]c12. The van der Waals surface area contributed by atoms with Gasteiger partial charge in [-0.1, -0.05) is 0 Å². The standard InChI is InChI=1S/C11H14N8/c1-7(4-19-3-2-13-6-19)16-10-8-9(15-5-14-8)17-11(12)18-10/h2-3,5-7H,4H2,1H3,(H4,12,14,15,16,17,18). The molecule has 3 aromatic heterocycles. The van der Waals surface area contributed by atoms with Crippen molar-refractivity contribution in [3.8, 4) is 0 Å². The zero-order chi connectivity index (χ0) is 13.2. The first-order chi connectivity index (χ1) is 9.22. The topological polar surface area (TPSA) is 110 Å². The van der Waals surface area contributed by atoms with Crippen LogP contribution in [0.2, 0.25) is 0 Å². The molecule has 8 heteroatoms. The van der Waals surface area contributed by atoms with Crippen LogP contribution in [0, 0.1) is 0 Å². The number of aromatic amines is 1. The molecule has 3 heterocycles. The molecule has 0 bridgehead atoms. The number of nitrogen functional groups attached to an aromatic ring is 1. The van der Waals surface area contributed by atoms with Gasteiger partial charge in [0.2, 0.25) is 5.95 Å². The van der Waals surface area contributed by atoms with Crippen LogP contribution in [0.4, 0.5) is 11.8 Å². The van der Waals surface area contributed by atoms with Gasteiger partial charge < -0.3 is 20.6 Å². The van der Waals surface area contributed by atoms with Crippen LogP contribution in [0.15, 0.2) is 25.0 Å². The number of rotatable bonds is 4. The van der Waals surface area contributed by atoms with E-state index in [1.165, 1.54) is 0 Å². The second-order valence-corrected chi connectivity index (χ2v) is 4.34. The average molecular weight is 258 g/mol. The molecule has 0 aliphatic rings. The van der Waals surface area contributed by atoms with Gasteiger partial charge in [-0.25, -0.2) is 9.97 Å². The van der Waals surface area contributed by atoms with E-state index >= 15 is 0 Å². The van der Waals surface area contributed by atoms with Crippen molar-refractivity contribution in [3.63, 3.8) is 0 Å². The van der Waals surface area contributed by atoms with E-state index in [1.54, 1.807) is 18.9 Å². The van der Waals surface area contributed by atoms with Gasteiger partial charge in [0, 0.05) is 25.0 Å². The monoisotopic (exact) mass is 258 g/mol. The van der Waals surface area contributed by atoms with Crippen LogP contribution in [0.25, 0.3) is 11.2 Å². The van der Waals surface area contributed by atoms with Gasteiger partial charge in [0.1, 0.15) is 5.52 Å². The molecule has 19 heavy (non-hydrogen) atoms. The van der Waals surface area contributed by atoms with Gasteiger partial charge in [-0.05, 0) is 6.92 Å². The highest BCUT2D eigenvalue weighted by Gasteiger charge is 2.11. The minimum atomic E-state index is 0.162. The molecule has 0 saturated heterocycles. The number of fused-ring (bicyclic) bond motifs is 1. The average Bonchev–Trinajstić information content (AvgIpc) is 2.99. The molecule has 0 amide bonds. The predicted octanol–water partition coefficient (Wildman–Crippen LogP) is 0.632. The molecule has 3 aromatic rings. The van der Waals surface area contributed by atoms with Crippen molar-refractivity contribution >= 4 is 22.9 Å². The van der Waals surface area contributed by atoms with Gasteiger partial charge in [-0.2, -0.15) is 9.97 Å². The second kappa shape index (κ2) is 4.56. The van der Waals surface area contributed by atoms with Gasteiger partial charge in [-0.15, -0.1) is 0 Å². The molecular weight excluding hydrogens is 244 g/mol. The summed E-state index contributed by atoms with van der Waals surface area (Å²) in [5.41, 5.74) is 6.98. The zero-order valence-corrected chi connectivity index (χ0v) is 10.4. The van der Waals surface area contributed by atoms with E-state index in [1.807, 2.05) is 10.8 Å². The van der Waals surface area contributed by atoms with E-state index < -0.39 is 0 Å². The highest BCUT2D eigenvalue weighted by molar-refractivity contribution is 5.83. The third-order valence-corrected chi connectivity index (χ3v) is 2.73. The minimum Gasteiger partial charge on any atom is -0.368 e. The smallest absolute Gasteiger partial charge is 0.224 e. The summed E-state index contributed by atoms with van der Waals surface area (Å²) < 4.78 is 1.99. The number of hydrogen-bond donors (Lipinski definition) is 3. The molecule has 98 valence electrons. The highest BCUT2D eigenvalue weighted by Crippen LogP contribution is 2.18. The molecule has 0 saturated carbocycles. The lowest BCUT2D eigenvalue weighted by Crippen LogP contribution is -2.22. The molecule has 3 rings (SSSR count). The third kappa shape index (κ3) is 2.32. The molecule has 1 atom stereocenters. The van der Waals surface area contributed by atoms with Crippen molar-refractivity contribution in [3.05, 3.63) is 25.0 Å². The van der Waals surface area contributed by atoms with Crippen molar-refractivity contribution in [2.75, 3.05) is 11.1 Å². The van der Waals surface area contributed by atoms with Crippen molar-refractivity contribution in [1.82, 2.24) is 29.5 Å². The van der Waals surface area contributed by atoms with Crippen molar-refractivity contribution in [2.45, 2.75) is 19.5 Å². The summed E-state index contributed by atoms with van der Waals surface area (Å²) in [7, 11) is 0. The van der Waals surface area contributed by atoms with Crippen LogP contribution in [0.1, 0.15) is 6.92 Å². The Bertz CT molecular complexity index is 671. The maximum atomic E-state index is 5.66. The van der Waals surface area contributed by atoms with Crippen molar-refractivity contribution in [1.29, 1.82) is 0 Å². The van der Waals surface area contributed by atoms with E-state index in [0.717, 1.165) is 12.1 Å².